The van der Waals surface area contributed by atoms with Crippen LogP contribution in [0.3, 0.4) is 0 Å². The van der Waals surface area contributed by atoms with Gasteiger partial charge in [0.1, 0.15) is 12.2 Å². The molecule has 4 nitrogen and oxygen atoms in total. The Balaban J connectivity index is 2.45. The summed E-state index contributed by atoms with van der Waals surface area (Å²) in [6.07, 6.45) is 2.96. The van der Waals surface area contributed by atoms with Crippen LogP contribution in [0, 0.1) is 5.92 Å². The molecule has 0 aromatic carbocycles. The number of nitrogens with one attached hydrogen (secondary N) is 1. The molecule has 1 aromatic heterocycles. The number of hydrogen-bond donors (Lipinski definition) is 1. The second-order valence-electron chi connectivity index (χ2n) is 3.97. The Morgan fingerprint density at radius 3 is 2.93 bits per heavy atom. The largest absolute Gasteiger partial charge is 0.316 e. The maximum absolute atomic E-state index is 4.09. The zero-order chi connectivity index (χ0) is 10.4. The number of nitrogens with zero attached hydrogens (tertiary/aromatic N) is 3. The lowest BCUT2D eigenvalue weighted by Crippen LogP contribution is -2.18. The summed E-state index contributed by atoms with van der Waals surface area (Å²) in [6, 6.07) is 0. The van der Waals surface area contributed by atoms with Crippen LogP contribution in [0.5, 0.6) is 0 Å². The van der Waals surface area contributed by atoms with E-state index in [0.29, 0.717) is 5.92 Å². The van der Waals surface area contributed by atoms with E-state index in [0.717, 1.165) is 31.9 Å². The van der Waals surface area contributed by atoms with Gasteiger partial charge in [0, 0.05) is 6.54 Å². The van der Waals surface area contributed by atoms with Crippen LogP contribution >= 0.6 is 0 Å². The van der Waals surface area contributed by atoms with Gasteiger partial charge in [-0.3, -0.25) is 0 Å². The molecule has 4 heteroatoms. The first-order chi connectivity index (χ1) is 6.74. The molecule has 0 aliphatic carbocycles. The molecule has 0 atom stereocenters. The fourth-order valence-corrected chi connectivity index (χ4v) is 1.34. The number of aromatic nitrogens is 3. The Morgan fingerprint density at radius 2 is 2.29 bits per heavy atom. The summed E-state index contributed by atoms with van der Waals surface area (Å²) in [7, 11) is 0. The molecule has 0 aliphatic heterocycles. The topological polar surface area (TPSA) is 42.7 Å². The Hall–Kier alpha value is -0.900. The fraction of sp³-hybridized carbons (Fsp3) is 0.800. The van der Waals surface area contributed by atoms with Crippen molar-refractivity contribution in [3.8, 4) is 0 Å². The highest BCUT2D eigenvalue weighted by molar-refractivity contribution is 4.85. The van der Waals surface area contributed by atoms with E-state index < -0.39 is 0 Å². The summed E-state index contributed by atoms with van der Waals surface area (Å²) in [5, 5.41) is 11.3. The van der Waals surface area contributed by atoms with Crippen LogP contribution in [0.1, 0.15) is 33.0 Å². The van der Waals surface area contributed by atoms with Crippen LogP contribution in [0.4, 0.5) is 0 Å². The molecule has 0 aliphatic rings. The average molecular weight is 196 g/mol. The molecule has 80 valence electrons. The van der Waals surface area contributed by atoms with Crippen molar-refractivity contribution in [2.24, 2.45) is 5.92 Å². The second-order valence-corrected chi connectivity index (χ2v) is 3.97. The Bertz CT molecular complexity index is 254. The van der Waals surface area contributed by atoms with Gasteiger partial charge < -0.3 is 9.88 Å². The van der Waals surface area contributed by atoms with Crippen LogP contribution in [-0.4, -0.2) is 21.3 Å². The standard InChI is InChI=1S/C10H20N4/c1-4-5-11-6-10-13-12-8-14(10)7-9(2)3/h8-9,11H,4-7H2,1-3H3. The molecular formula is C10H20N4. The molecule has 0 bridgehead atoms. The van der Waals surface area contributed by atoms with Crippen molar-refractivity contribution in [1.82, 2.24) is 20.1 Å². The first-order valence-electron chi connectivity index (χ1n) is 5.31. The van der Waals surface area contributed by atoms with Crippen LogP contribution in [0.15, 0.2) is 6.33 Å². The van der Waals surface area contributed by atoms with Crippen molar-refractivity contribution in [3.63, 3.8) is 0 Å². The molecule has 1 heterocycles. The quantitative estimate of drug-likeness (QED) is 0.700. The highest BCUT2D eigenvalue weighted by Crippen LogP contribution is 2.01. The minimum absolute atomic E-state index is 0.635. The molecule has 1 aromatic rings. The highest BCUT2D eigenvalue weighted by Gasteiger charge is 2.04. The van der Waals surface area contributed by atoms with Crippen molar-refractivity contribution in [2.45, 2.75) is 40.3 Å². The van der Waals surface area contributed by atoms with Gasteiger partial charge in [0.2, 0.25) is 0 Å². The highest BCUT2D eigenvalue weighted by atomic mass is 15.3. The predicted molar refractivity (Wildman–Crippen MR) is 56.9 cm³/mol. The van der Waals surface area contributed by atoms with E-state index in [1.807, 2.05) is 6.33 Å². The minimum atomic E-state index is 0.635. The van der Waals surface area contributed by atoms with Gasteiger partial charge in [-0.25, -0.2) is 0 Å². The van der Waals surface area contributed by atoms with Gasteiger partial charge in [0.25, 0.3) is 0 Å². The van der Waals surface area contributed by atoms with E-state index in [1.165, 1.54) is 0 Å². The SMILES string of the molecule is CCCNCc1nncn1CC(C)C. The molecular weight excluding hydrogens is 176 g/mol. The molecule has 0 radical (unpaired) electrons. The van der Waals surface area contributed by atoms with Gasteiger partial charge >= 0.3 is 0 Å². The maximum Gasteiger partial charge on any atom is 0.146 e. The van der Waals surface area contributed by atoms with Crippen LogP contribution in [0.25, 0.3) is 0 Å². The van der Waals surface area contributed by atoms with Crippen molar-refractivity contribution >= 4 is 0 Å². The van der Waals surface area contributed by atoms with E-state index in [-0.39, 0.29) is 0 Å². The Kier molecular flexibility index (Phi) is 4.59. The Labute approximate surface area is 85.7 Å². The van der Waals surface area contributed by atoms with E-state index >= 15 is 0 Å². The molecule has 1 rings (SSSR count). The molecule has 0 saturated heterocycles. The van der Waals surface area contributed by atoms with Gasteiger partial charge in [-0.15, -0.1) is 10.2 Å². The molecule has 14 heavy (non-hydrogen) atoms. The zero-order valence-corrected chi connectivity index (χ0v) is 9.32. The lowest BCUT2D eigenvalue weighted by molar-refractivity contribution is 0.496. The van der Waals surface area contributed by atoms with Gasteiger partial charge in [-0.1, -0.05) is 20.8 Å². The fourth-order valence-electron chi connectivity index (χ4n) is 1.34. The minimum Gasteiger partial charge on any atom is -0.316 e. The average Bonchev–Trinajstić information content (AvgIpc) is 2.52. The molecule has 0 fully saturated rings. The summed E-state index contributed by atoms with van der Waals surface area (Å²) < 4.78 is 2.12. The number of hydrogen-bond acceptors (Lipinski definition) is 3. The maximum atomic E-state index is 4.09. The van der Waals surface area contributed by atoms with Crippen molar-refractivity contribution in [2.75, 3.05) is 6.54 Å². The monoisotopic (exact) mass is 196 g/mol. The summed E-state index contributed by atoms with van der Waals surface area (Å²) in [4.78, 5) is 0. The third-order valence-corrected chi connectivity index (χ3v) is 1.97. The summed E-state index contributed by atoms with van der Waals surface area (Å²) in [5.41, 5.74) is 0. The molecule has 0 unspecified atom stereocenters. The smallest absolute Gasteiger partial charge is 0.146 e. The Morgan fingerprint density at radius 1 is 1.50 bits per heavy atom. The van der Waals surface area contributed by atoms with E-state index in [9.17, 15) is 0 Å². The van der Waals surface area contributed by atoms with Crippen LogP contribution < -0.4 is 5.32 Å². The van der Waals surface area contributed by atoms with Crippen molar-refractivity contribution in [3.05, 3.63) is 12.2 Å². The zero-order valence-electron chi connectivity index (χ0n) is 9.32. The molecule has 0 saturated carbocycles. The summed E-state index contributed by atoms with van der Waals surface area (Å²) >= 11 is 0. The second kappa shape index (κ2) is 5.75. The van der Waals surface area contributed by atoms with E-state index in [4.69, 9.17) is 0 Å². The molecule has 0 amide bonds. The third-order valence-electron chi connectivity index (χ3n) is 1.97. The predicted octanol–water partition coefficient (Wildman–Crippen LogP) is 1.43. The summed E-state index contributed by atoms with van der Waals surface area (Å²) in [6.45, 7) is 9.41. The van der Waals surface area contributed by atoms with Crippen molar-refractivity contribution < 1.29 is 0 Å². The third kappa shape index (κ3) is 3.46. The molecule has 1 N–H and O–H groups in total. The van der Waals surface area contributed by atoms with Gasteiger partial charge in [0.15, 0.2) is 0 Å². The van der Waals surface area contributed by atoms with E-state index in [1.54, 1.807) is 0 Å². The van der Waals surface area contributed by atoms with E-state index in [2.05, 4.69) is 40.9 Å². The first kappa shape index (κ1) is 11.2. The first-order valence-corrected chi connectivity index (χ1v) is 5.31. The lowest BCUT2D eigenvalue weighted by Gasteiger charge is -2.09. The summed E-state index contributed by atoms with van der Waals surface area (Å²) in [5.74, 6) is 1.67. The van der Waals surface area contributed by atoms with Crippen molar-refractivity contribution in [1.29, 1.82) is 0 Å². The van der Waals surface area contributed by atoms with Gasteiger partial charge in [-0.05, 0) is 18.9 Å². The molecule has 0 spiro atoms. The lowest BCUT2D eigenvalue weighted by atomic mass is 10.2. The number of rotatable bonds is 6. The van der Waals surface area contributed by atoms with Gasteiger partial charge in [0.05, 0.1) is 6.54 Å². The normalized spacial score (nSPS) is 11.1. The van der Waals surface area contributed by atoms with Crippen LogP contribution in [0.2, 0.25) is 0 Å². The van der Waals surface area contributed by atoms with Gasteiger partial charge in [-0.2, -0.15) is 0 Å². The van der Waals surface area contributed by atoms with Crippen LogP contribution in [-0.2, 0) is 13.1 Å².